The van der Waals surface area contributed by atoms with Crippen molar-refractivity contribution in [2.45, 2.75) is 136 Å². The molecule has 0 aromatic rings. The van der Waals surface area contributed by atoms with Crippen molar-refractivity contribution in [1.29, 1.82) is 0 Å². The first kappa shape index (κ1) is 25.9. The van der Waals surface area contributed by atoms with Crippen LogP contribution >= 0.6 is 0 Å². The molecular weight excluding hydrogens is 320 g/mol. The lowest BCUT2D eigenvalue weighted by molar-refractivity contribution is -0.903. The van der Waals surface area contributed by atoms with Crippen LogP contribution in [0.4, 0.5) is 0 Å². The van der Waals surface area contributed by atoms with Crippen LogP contribution in [0.5, 0.6) is 0 Å². The zero-order valence-electron chi connectivity index (χ0n) is 18.4. The van der Waals surface area contributed by atoms with Crippen molar-refractivity contribution in [3.63, 3.8) is 0 Å². The van der Waals surface area contributed by atoms with Gasteiger partial charge in [-0.15, -0.1) is 0 Å². The van der Waals surface area contributed by atoms with Gasteiger partial charge in [0.15, 0.2) is 0 Å². The number of unbranched alkanes of at least 4 members (excludes halogenated alkanes) is 15. The van der Waals surface area contributed by atoms with Gasteiger partial charge in [0, 0.05) is 6.92 Å². The number of quaternary nitrogens is 1. The van der Waals surface area contributed by atoms with E-state index < -0.39 is 0 Å². The summed E-state index contributed by atoms with van der Waals surface area (Å²) in [7, 11) is 0. The Balaban J connectivity index is 3.29. The fourth-order valence-electron chi connectivity index (χ4n) is 3.83. The fraction of sp³-hybridized carbons (Fsp3) is 1.00. The monoisotopic (exact) mass is 370 g/mol. The van der Waals surface area contributed by atoms with E-state index in [2.05, 4.69) is 13.8 Å². The molecule has 0 amide bonds. The SMILES string of the molecule is CCCCCCCCCCCCCCCCCC[N+]([O-])(CCC)C(C)N. The van der Waals surface area contributed by atoms with E-state index in [4.69, 9.17) is 5.73 Å². The summed E-state index contributed by atoms with van der Waals surface area (Å²) in [5.41, 5.74) is 5.88. The van der Waals surface area contributed by atoms with Crippen LogP contribution < -0.4 is 5.73 Å². The number of hydrogen-bond acceptors (Lipinski definition) is 2. The maximum Gasteiger partial charge on any atom is 0.137 e. The minimum absolute atomic E-state index is 0.199. The van der Waals surface area contributed by atoms with Crippen LogP contribution in [-0.2, 0) is 0 Å². The van der Waals surface area contributed by atoms with E-state index in [0.717, 1.165) is 12.8 Å². The molecule has 0 saturated carbocycles. The highest BCUT2D eigenvalue weighted by Gasteiger charge is 2.19. The second-order valence-corrected chi connectivity index (χ2v) is 8.44. The van der Waals surface area contributed by atoms with E-state index in [1.54, 1.807) is 0 Å². The molecular formula is C23H50N2O. The highest BCUT2D eigenvalue weighted by atomic mass is 16.5. The predicted octanol–water partition coefficient (Wildman–Crippen LogP) is 7.28. The standard InChI is InChI=1S/C23H50N2O/c1-4-6-7-8-9-10-11-12-13-14-15-16-17-18-19-20-22-25(26,21-5-2)23(3)24/h23H,4-22,24H2,1-3H3. The molecule has 0 aromatic heterocycles. The summed E-state index contributed by atoms with van der Waals surface area (Å²) in [6.45, 7) is 7.57. The number of hydroxylamine groups is 3. The maximum atomic E-state index is 12.6. The molecule has 3 heteroatoms. The van der Waals surface area contributed by atoms with Crippen molar-refractivity contribution in [3.8, 4) is 0 Å². The summed E-state index contributed by atoms with van der Waals surface area (Å²) in [5.74, 6) is 0. The molecule has 0 radical (unpaired) electrons. The molecule has 0 aliphatic carbocycles. The second kappa shape index (κ2) is 18.3. The van der Waals surface area contributed by atoms with Gasteiger partial charge in [-0.2, -0.15) is 0 Å². The third-order valence-corrected chi connectivity index (χ3v) is 5.73. The van der Waals surface area contributed by atoms with Gasteiger partial charge in [0.25, 0.3) is 0 Å². The normalized spacial score (nSPS) is 15.1. The largest absolute Gasteiger partial charge is 0.632 e. The first-order valence-electron chi connectivity index (χ1n) is 11.9. The Morgan fingerprint density at radius 1 is 0.577 bits per heavy atom. The molecule has 0 aliphatic heterocycles. The summed E-state index contributed by atoms with van der Waals surface area (Å²) < 4.78 is -0.199. The Labute approximate surface area is 165 Å². The molecule has 26 heavy (non-hydrogen) atoms. The van der Waals surface area contributed by atoms with E-state index in [1.807, 2.05) is 6.92 Å². The van der Waals surface area contributed by atoms with Gasteiger partial charge in [-0.1, -0.05) is 104 Å². The van der Waals surface area contributed by atoms with Crippen molar-refractivity contribution in [2.75, 3.05) is 13.1 Å². The molecule has 3 nitrogen and oxygen atoms in total. The van der Waals surface area contributed by atoms with Crippen LogP contribution in [-0.4, -0.2) is 23.9 Å². The van der Waals surface area contributed by atoms with Crippen molar-refractivity contribution in [2.24, 2.45) is 5.73 Å². The van der Waals surface area contributed by atoms with Crippen LogP contribution in [0.3, 0.4) is 0 Å². The van der Waals surface area contributed by atoms with Gasteiger partial charge >= 0.3 is 0 Å². The molecule has 0 aromatic carbocycles. The van der Waals surface area contributed by atoms with E-state index in [1.165, 1.54) is 96.3 Å². The van der Waals surface area contributed by atoms with Crippen molar-refractivity contribution < 1.29 is 4.65 Å². The second-order valence-electron chi connectivity index (χ2n) is 8.44. The Kier molecular flexibility index (Phi) is 18.2. The third kappa shape index (κ3) is 15.0. The van der Waals surface area contributed by atoms with E-state index in [9.17, 15) is 5.21 Å². The lowest BCUT2D eigenvalue weighted by Gasteiger charge is -2.46. The molecule has 2 atom stereocenters. The molecule has 2 unspecified atom stereocenters. The van der Waals surface area contributed by atoms with Crippen molar-refractivity contribution >= 4 is 0 Å². The number of nitrogens with zero attached hydrogens (tertiary/aromatic N) is 1. The molecule has 0 rings (SSSR count). The molecule has 2 N–H and O–H groups in total. The molecule has 0 bridgehead atoms. The van der Waals surface area contributed by atoms with Gasteiger partial charge in [0.1, 0.15) is 6.17 Å². The first-order valence-corrected chi connectivity index (χ1v) is 11.9. The summed E-state index contributed by atoms with van der Waals surface area (Å²) in [6.07, 6.45) is 22.5. The highest BCUT2D eigenvalue weighted by molar-refractivity contribution is 4.52. The van der Waals surface area contributed by atoms with Crippen LogP contribution in [0.2, 0.25) is 0 Å². The third-order valence-electron chi connectivity index (χ3n) is 5.73. The van der Waals surface area contributed by atoms with Gasteiger partial charge in [0.05, 0.1) is 13.1 Å². The molecule has 0 aliphatic rings. The molecule has 0 fully saturated rings. The van der Waals surface area contributed by atoms with Gasteiger partial charge in [-0.05, 0) is 19.3 Å². The summed E-state index contributed by atoms with van der Waals surface area (Å²) in [5, 5.41) is 12.6. The number of rotatable bonds is 20. The topological polar surface area (TPSA) is 49.1 Å². The molecule has 0 saturated heterocycles. The molecule has 0 spiro atoms. The fourth-order valence-corrected chi connectivity index (χ4v) is 3.83. The molecule has 158 valence electrons. The Morgan fingerprint density at radius 2 is 0.923 bits per heavy atom. The summed E-state index contributed by atoms with van der Waals surface area (Å²) in [4.78, 5) is 0. The number of nitrogens with two attached hydrogens (primary N) is 1. The van der Waals surface area contributed by atoms with Crippen LogP contribution in [0.1, 0.15) is 130 Å². The quantitative estimate of drug-likeness (QED) is 0.106. The Bertz CT molecular complexity index is 283. The van der Waals surface area contributed by atoms with Crippen molar-refractivity contribution in [1.82, 2.24) is 0 Å². The lowest BCUT2D eigenvalue weighted by Crippen LogP contribution is -2.54. The van der Waals surface area contributed by atoms with E-state index in [0.29, 0.717) is 13.1 Å². The van der Waals surface area contributed by atoms with E-state index in [-0.39, 0.29) is 10.8 Å². The minimum atomic E-state index is -0.286. The Morgan fingerprint density at radius 3 is 1.23 bits per heavy atom. The summed E-state index contributed by atoms with van der Waals surface area (Å²) >= 11 is 0. The zero-order valence-corrected chi connectivity index (χ0v) is 18.4. The average molecular weight is 371 g/mol. The highest BCUT2D eigenvalue weighted by Crippen LogP contribution is 2.16. The smallest absolute Gasteiger partial charge is 0.137 e. The van der Waals surface area contributed by atoms with Gasteiger partial charge in [-0.25, -0.2) is 0 Å². The van der Waals surface area contributed by atoms with Gasteiger partial charge < -0.3 is 9.85 Å². The van der Waals surface area contributed by atoms with Gasteiger partial charge in [0.2, 0.25) is 0 Å². The van der Waals surface area contributed by atoms with Crippen LogP contribution in [0.15, 0.2) is 0 Å². The van der Waals surface area contributed by atoms with Crippen LogP contribution in [0.25, 0.3) is 0 Å². The van der Waals surface area contributed by atoms with Gasteiger partial charge in [-0.3, -0.25) is 5.73 Å². The average Bonchev–Trinajstić information content (AvgIpc) is 2.61. The zero-order chi connectivity index (χ0) is 19.5. The molecule has 0 heterocycles. The Hall–Kier alpha value is -0.120. The first-order chi connectivity index (χ1) is 12.6. The summed E-state index contributed by atoms with van der Waals surface area (Å²) in [6, 6.07) is 0. The number of hydrogen-bond donors (Lipinski definition) is 1. The van der Waals surface area contributed by atoms with Crippen LogP contribution in [0, 0.1) is 5.21 Å². The predicted molar refractivity (Wildman–Crippen MR) is 117 cm³/mol. The van der Waals surface area contributed by atoms with E-state index >= 15 is 0 Å². The maximum absolute atomic E-state index is 12.6. The minimum Gasteiger partial charge on any atom is -0.632 e. The van der Waals surface area contributed by atoms with Crippen molar-refractivity contribution in [3.05, 3.63) is 5.21 Å². The lowest BCUT2D eigenvalue weighted by atomic mass is 10.0.